The Morgan fingerprint density at radius 2 is 1.88 bits per heavy atom. The Hall–Kier alpha value is -1.22. The van der Waals surface area contributed by atoms with Gasteiger partial charge in [-0.15, -0.1) is 11.3 Å². The van der Waals surface area contributed by atoms with Crippen LogP contribution in [0.2, 0.25) is 0 Å². The molecule has 0 aliphatic carbocycles. The van der Waals surface area contributed by atoms with E-state index in [0.29, 0.717) is 29.4 Å². The number of rotatable bonds is 5. The number of carbonyl (C=O) groups is 1. The molecule has 8 heteroatoms. The lowest BCUT2D eigenvalue weighted by Crippen LogP contribution is -2.31. The lowest BCUT2D eigenvalue weighted by Gasteiger charge is -2.18. The second kappa shape index (κ2) is 7.77. The molecule has 2 aromatic heterocycles. The Morgan fingerprint density at radius 3 is 2.54 bits per heavy atom. The number of hydrogen-bond donors (Lipinski definition) is 1. The largest absolute Gasteiger partial charge is 0.347 e. The second-order valence-electron chi connectivity index (χ2n) is 5.73. The first-order valence-electron chi connectivity index (χ1n) is 7.96. The molecule has 3 rings (SSSR count). The van der Waals surface area contributed by atoms with Crippen LogP contribution < -0.4 is 5.32 Å². The fourth-order valence-corrected chi connectivity index (χ4v) is 6.27. The van der Waals surface area contributed by atoms with Gasteiger partial charge in [0, 0.05) is 28.9 Å². The van der Waals surface area contributed by atoms with Crippen LogP contribution in [0.1, 0.15) is 40.9 Å². The van der Waals surface area contributed by atoms with Gasteiger partial charge in [-0.3, -0.25) is 4.79 Å². The molecule has 1 aliphatic heterocycles. The van der Waals surface area contributed by atoms with Gasteiger partial charge in [0.25, 0.3) is 15.9 Å². The first-order valence-corrected chi connectivity index (χ1v) is 11.2. The predicted octanol–water partition coefficient (Wildman–Crippen LogP) is 3.30. The standard InChI is InChI=1S/C16H20N2O3S3/c19-16(13-7-10-22-12-13)17-11-14-5-6-15(23-14)24(20,21)18-8-3-1-2-4-9-18/h5-7,10,12H,1-4,8-9,11H2,(H,17,19). The van der Waals surface area contributed by atoms with Crippen molar-refractivity contribution in [2.24, 2.45) is 0 Å². The van der Waals surface area contributed by atoms with Gasteiger partial charge in [0.2, 0.25) is 0 Å². The number of hydrogen-bond acceptors (Lipinski definition) is 5. The molecule has 0 radical (unpaired) electrons. The van der Waals surface area contributed by atoms with Gasteiger partial charge in [0.1, 0.15) is 4.21 Å². The topological polar surface area (TPSA) is 66.5 Å². The van der Waals surface area contributed by atoms with E-state index in [-0.39, 0.29) is 5.91 Å². The Kier molecular flexibility index (Phi) is 5.70. The fraction of sp³-hybridized carbons (Fsp3) is 0.438. The molecule has 1 fully saturated rings. The van der Waals surface area contributed by atoms with Gasteiger partial charge in [-0.25, -0.2) is 8.42 Å². The number of thiophene rings is 2. The van der Waals surface area contributed by atoms with Crippen LogP contribution in [0.4, 0.5) is 0 Å². The Labute approximate surface area is 150 Å². The van der Waals surface area contributed by atoms with Crippen LogP contribution in [0.25, 0.3) is 0 Å². The van der Waals surface area contributed by atoms with Gasteiger partial charge in [0.05, 0.1) is 6.54 Å². The van der Waals surface area contributed by atoms with E-state index in [1.165, 1.54) is 22.7 Å². The van der Waals surface area contributed by atoms with Crippen LogP contribution in [0.5, 0.6) is 0 Å². The molecule has 0 aromatic carbocycles. The van der Waals surface area contributed by atoms with Crippen molar-refractivity contribution in [1.82, 2.24) is 9.62 Å². The minimum Gasteiger partial charge on any atom is -0.347 e. The molecule has 24 heavy (non-hydrogen) atoms. The lowest BCUT2D eigenvalue weighted by atomic mass is 10.2. The summed E-state index contributed by atoms with van der Waals surface area (Å²) in [6.45, 7) is 1.55. The van der Waals surface area contributed by atoms with Gasteiger partial charge in [-0.2, -0.15) is 15.6 Å². The number of nitrogens with zero attached hydrogens (tertiary/aromatic N) is 1. The first kappa shape index (κ1) is 17.6. The van der Waals surface area contributed by atoms with Crippen molar-refractivity contribution in [1.29, 1.82) is 0 Å². The van der Waals surface area contributed by atoms with Crippen LogP contribution in [0.15, 0.2) is 33.2 Å². The number of sulfonamides is 1. The summed E-state index contributed by atoms with van der Waals surface area (Å²) in [7, 11) is -3.41. The smallest absolute Gasteiger partial charge is 0.252 e. The maximum atomic E-state index is 12.7. The molecule has 5 nitrogen and oxygen atoms in total. The van der Waals surface area contributed by atoms with Crippen molar-refractivity contribution >= 4 is 38.6 Å². The highest BCUT2D eigenvalue weighted by Crippen LogP contribution is 2.26. The summed E-state index contributed by atoms with van der Waals surface area (Å²) in [6.07, 6.45) is 4.04. The molecule has 1 aliphatic rings. The highest BCUT2D eigenvalue weighted by molar-refractivity contribution is 7.91. The highest BCUT2D eigenvalue weighted by Gasteiger charge is 2.26. The second-order valence-corrected chi connectivity index (χ2v) is 9.85. The molecule has 2 aromatic rings. The predicted molar refractivity (Wildman–Crippen MR) is 97.0 cm³/mol. The number of carbonyl (C=O) groups excluding carboxylic acids is 1. The van der Waals surface area contributed by atoms with E-state index < -0.39 is 10.0 Å². The summed E-state index contributed by atoms with van der Waals surface area (Å²) >= 11 is 2.71. The van der Waals surface area contributed by atoms with Crippen molar-refractivity contribution in [2.45, 2.75) is 36.4 Å². The zero-order chi connectivity index (χ0) is 17.0. The molecule has 0 saturated carbocycles. The Morgan fingerprint density at radius 1 is 1.12 bits per heavy atom. The van der Waals surface area contributed by atoms with Gasteiger partial charge >= 0.3 is 0 Å². The first-order chi connectivity index (χ1) is 11.6. The molecular formula is C16H20N2O3S3. The molecular weight excluding hydrogens is 364 g/mol. The van der Waals surface area contributed by atoms with Crippen LogP contribution in [-0.2, 0) is 16.6 Å². The molecule has 0 atom stereocenters. The molecule has 0 spiro atoms. The van der Waals surface area contributed by atoms with Gasteiger partial charge < -0.3 is 5.32 Å². The fourth-order valence-electron chi connectivity index (χ4n) is 2.66. The van der Waals surface area contributed by atoms with Crippen LogP contribution in [0, 0.1) is 0 Å². The van der Waals surface area contributed by atoms with Crippen molar-refractivity contribution in [3.8, 4) is 0 Å². The maximum absolute atomic E-state index is 12.7. The van der Waals surface area contributed by atoms with Crippen molar-refractivity contribution in [3.63, 3.8) is 0 Å². The Balaban J connectivity index is 1.65. The zero-order valence-electron chi connectivity index (χ0n) is 13.2. The molecule has 0 bridgehead atoms. The molecule has 3 heterocycles. The van der Waals surface area contributed by atoms with E-state index in [2.05, 4.69) is 5.32 Å². The SMILES string of the molecule is O=C(NCc1ccc(S(=O)(=O)N2CCCCCC2)s1)c1ccsc1. The normalized spacial score (nSPS) is 16.7. The summed E-state index contributed by atoms with van der Waals surface area (Å²) in [5.74, 6) is -0.137. The molecule has 1 saturated heterocycles. The summed E-state index contributed by atoms with van der Waals surface area (Å²) in [4.78, 5) is 12.8. The summed E-state index contributed by atoms with van der Waals surface area (Å²) in [6, 6.07) is 5.20. The van der Waals surface area contributed by atoms with Crippen molar-refractivity contribution in [2.75, 3.05) is 13.1 Å². The molecule has 1 amide bonds. The maximum Gasteiger partial charge on any atom is 0.252 e. The third-order valence-electron chi connectivity index (χ3n) is 4.00. The summed E-state index contributed by atoms with van der Waals surface area (Å²) < 4.78 is 27.4. The minimum absolute atomic E-state index is 0.137. The molecule has 1 N–H and O–H groups in total. The van der Waals surface area contributed by atoms with E-state index in [1.807, 2.05) is 5.38 Å². The molecule has 0 unspecified atom stereocenters. The van der Waals surface area contributed by atoms with Gasteiger partial charge in [-0.1, -0.05) is 12.8 Å². The van der Waals surface area contributed by atoms with Crippen LogP contribution >= 0.6 is 22.7 Å². The van der Waals surface area contributed by atoms with Crippen molar-refractivity contribution in [3.05, 3.63) is 39.4 Å². The van der Waals surface area contributed by atoms with Gasteiger partial charge in [-0.05, 0) is 36.4 Å². The number of amides is 1. The van der Waals surface area contributed by atoms with E-state index in [4.69, 9.17) is 0 Å². The monoisotopic (exact) mass is 384 g/mol. The van der Waals surface area contributed by atoms with E-state index in [0.717, 1.165) is 30.6 Å². The Bertz CT molecular complexity index is 773. The zero-order valence-corrected chi connectivity index (χ0v) is 15.7. The van der Waals surface area contributed by atoms with E-state index in [9.17, 15) is 13.2 Å². The third kappa shape index (κ3) is 4.05. The summed E-state index contributed by atoms with van der Waals surface area (Å²) in [5.41, 5.74) is 0.633. The minimum atomic E-state index is -3.41. The van der Waals surface area contributed by atoms with Crippen molar-refractivity contribution < 1.29 is 13.2 Å². The average molecular weight is 385 g/mol. The number of nitrogens with one attached hydrogen (secondary N) is 1. The third-order valence-corrected chi connectivity index (χ3v) is 8.14. The molecule has 130 valence electrons. The van der Waals surface area contributed by atoms with Crippen LogP contribution in [0.3, 0.4) is 0 Å². The highest BCUT2D eigenvalue weighted by atomic mass is 32.2. The van der Waals surface area contributed by atoms with E-state index >= 15 is 0 Å². The summed E-state index contributed by atoms with van der Waals surface area (Å²) in [5, 5.41) is 6.47. The van der Waals surface area contributed by atoms with Crippen LogP contribution in [-0.4, -0.2) is 31.7 Å². The lowest BCUT2D eigenvalue weighted by molar-refractivity contribution is 0.0952. The van der Waals surface area contributed by atoms with Gasteiger partial charge in [0.15, 0.2) is 0 Å². The quantitative estimate of drug-likeness (QED) is 0.860. The van der Waals surface area contributed by atoms with E-state index in [1.54, 1.807) is 27.9 Å². The average Bonchev–Trinajstić information content (AvgIpc) is 3.19.